The van der Waals surface area contributed by atoms with Crippen LogP contribution in [0.2, 0.25) is 0 Å². The normalized spacial score (nSPS) is 10.9. The lowest BCUT2D eigenvalue weighted by molar-refractivity contribution is 1.04. The zero-order valence-corrected chi connectivity index (χ0v) is 20.2. The molecule has 0 radical (unpaired) electrons. The van der Waals surface area contributed by atoms with Gasteiger partial charge in [-0.1, -0.05) is 18.2 Å². The molecule has 0 spiro atoms. The molecule has 0 atom stereocenters. The van der Waals surface area contributed by atoms with Gasteiger partial charge in [0.1, 0.15) is 6.07 Å². The molecule has 3 heterocycles. The van der Waals surface area contributed by atoms with E-state index in [2.05, 4.69) is 27.4 Å². The number of anilines is 1. The molecule has 0 unspecified atom stereocenters. The highest BCUT2D eigenvalue weighted by Crippen LogP contribution is 2.30. The number of para-hydroxylation sites is 1. The van der Waals surface area contributed by atoms with Gasteiger partial charge in [0.05, 0.1) is 35.1 Å². The standard InChI is InChI=1S/C27H23N7S/c1-17-9-19(13-30-24-5-3-4-6-27(24)35-29)21-11-22(26(12-28)33-25(21)10-17)23-8-7-20(14-31-23)34-15-18(2)32-16-34/h3-11,14-16,30H,13,29H2,1-2H3. The van der Waals surface area contributed by atoms with E-state index in [0.29, 0.717) is 23.5 Å². The van der Waals surface area contributed by atoms with E-state index in [0.717, 1.165) is 44.0 Å². The summed E-state index contributed by atoms with van der Waals surface area (Å²) in [4.78, 5) is 14.6. The molecule has 0 aliphatic carbocycles. The maximum atomic E-state index is 9.84. The van der Waals surface area contributed by atoms with E-state index in [-0.39, 0.29) is 0 Å². The van der Waals surface area contributed by atoms with Crippen molar-refractivity contribution in [2.45, 2.75) is 25.3 Å². The first-order valence-electron chi connectivity index (χ1n) is 11.1. The number of benzene rings is 2. The van der Waals surface area contributed by atoms with Crippen molar-refractivity contribution in [2.75, 3.05) is 5.32 Å². The Balaban J connectivity index is 1.55. The molecule has 3 N–H and O–H groups in total. The van der Waals surface area contributed by atoms with E-state index in [4.69, 9.17) is 10.1 Å². The summed E-state index contributed by atoms with van der Waals surface area (Å²) in [5.41, 5.74) is 7.52. The summed E-state index contributed by atoms with van der Waals surface area (Å²) in [5, 5.41) is 20.1. The summed E-state index contributed by atoms with van der Waals surface area (Å²) in [7, 11) is 0. The van der Waals surface area contributed by atoms with Gasteiger partial charge in [-0.3, -0.25) is 10.1 Å². The summed E-state index contributed by atoms with van der Waals surface area (Å²) in [6, 6.07) is 20.2. The third kappa shape index (κ3) is 4.60. The number of imidazole rings is 1. The molecule has 0 amide bonds. The van der Waals surface area contributed by atoms with Crippen molar-refractivity contribution in [2.24, 2.45) is 5.14 Å². The Labute approximate surface area is 207 Å². The van der Waals surface area contributed by atoms with Crippen molar-refractivity contribution < 1.29 is 0 Å². The molecule has 2 aromatic carbocycles. The van der Waals surface area contributed by atoms with Crippen LogP contribution in [0.25, 0.3) is 27.8 Å². The van der Waals surface area contributed by atoms with Crippen LogP contribution in [-0.4, -0.2) is 19.5 Å². The third-order valence-electron chi connectivity index (χ3n) is 5.79. The van der Waals surface area contributed by atoms with Gasteiger partial charge in [-0.25, -0.2) is 9.97 Å². The monoisotopic (exact) mass is 477 g/mol. The first kappa shape index (κ1) is 22.6. The molecule has 0 aliphatic rings. The number of nitriles is 1. The van der Waals surface area contributed by atoms with Crippen molar-refractivity contribution in [3.8, 4) is 23.0 Å². The molecule has 5 aromatic rings. The maximum Gasteiger partial charge on any atom is 0.150 e. The fourth-order valence-electron chi connectivity index (χ4n) is 4.10. The number of nitrogens with one attached hydrogen (secondary N) is 1. The lowest BCUT2D eigenvalue weighted by Gasteiger charge is -2.14. The minimum atomic E-state index is 0.352. The van der Waals surface area contributed by atoms with Crippen LogP contribution in [0.5, 0.6) is 0 Å². The van der Waals surface area contributed by atoms with Crippen LogP contribution in [0, 0.1) is 25.2 Å². The van der Waals surface area contributed by atoms with Crippen LogP contribution in [0.15, 0.2) is 78.2 Å². The number of nitrogens with two attached hydrogens (primary N) is 1. The quantitative estimate of drug-likeness (QED) is 0.309. The summed E-state index contributed by atoms with van der Waals surface area (Å²) in [5.74, 6) is 0. The van der Waals surface area contributed by atoms with Crippen LogP contribution in [0.4, 0.5) is 5.69 Å². The van der Waals surface area contributed by atoms with Crippen LogP contribution >= 0.6 is 11.9 Å². The van der Waals surface area contributed by atoms with Gasteiger partial charge >= 0.3 is 0 Å². The Morgan fingerprint density at radius 1 is 1.09 bits per heavy atom. The highest BCUT2D eigenvalue weighted by atomic mass is 32.2. The van der Waals surface area contributed by atoms with Gasteiger partial charge in [0, 0.05) is 34.3 Å². The number of nitrogens with zero attached hydrogens (tertiary/aromatic N) is 5. The van der Waals surface area contributed by atoms with E-state index >= 15 is 0 Å². The largest absolute Gasteiger partial charge is 0.380 e. The molecule has 35 heavy (non-hydrogen) atoms. The predicted octanol–water partition coefficient (Wildman–Crippen LogP) is 5.55. The number of aryl methyl sites for hydroxylation is 2. The summed E-state index contributed by atoms with van der Waals surface area (Å²) in [6.07, 6.45) is 5.48. The number of fused-ring (bicyclic) bond motifs is 1. The fourth-order valence-corrected chi connectivity index (χ4v) is 4.52. The molecule has 172 valence electrons. The molecule has 7 nitrogen and oxygen atoms in total. The Hall–Kier alpha value is -4.19. The third-order valence-corrected chi connectivity index (χ3v) is 6.40. The van der Waals surface area contributed by atoms with Crippen molar-refractivity contribution in [1.29, 1.82) is 5.26 Å². The van der Waals surface area contributed by atoms with Crippen molar-refractivity contribution in [1.82, 2.24) is 19.5 Å². The zero-order chi connectivity index (χ0) is 24.4. The van der Waals surface area contributed by atoms with Crippen LogP contribution < -0.4 is 10.5 Å². The second-order valence-electron chi connectivity index (χ2n) is 8.28. The minimum absolute atomic E-state index is 0.352. The van der Waals surface area contributed by atoms with Gasteiger partial charge in [-0.15, -0.1) is 0 Å². The zero-order valence-electron chi connectivity index (χ0n) is 19.4. The Morgan fingerprint density at radius 2 is 1.94 bits per heavy atom. The molecule has 5 rings (SSSR count). The van der Waals surface area contributed by atoms with E-state index in [9.17, 15) is 5.26 Å². The minimum Gasteiger partial charge on any atom is -0.380 e. The molecular weight excluding hydrogens is 454 g/mol. The molecule has 8 heteroatoms. The SMILES string of the molecule is Cc1cc(CNc2ccccc2SN)c2cc(-c3ccc(-n4cnc(C)c4)cn3)c(C#N)nc2c1. The number of rotatable bonds is 6. The lowest BCUT2D eigenvalue weighted by atomic mass is 10.00. The Kier molecular flexibility index (Phi) is 6.19. The molecular formula is C27H23N7S. The molecule has 0 saturated heterocycles. The molecule has 0 bridgehead atoms. The first-order valence-corrected chi connectivity index (χ1v) is 11.9. The topological polar surface area (TPSA) is 105 Å². The Morgan fingerprint density at radius 3 is 2.66 bits per heavy atom. The van der Waals surface area contributed by atoms with E-state index in [1.807, 2.05) is 73.1 Å². The van der Waals surface area contributed by atoms with Crippen molar-refractivity contribution in [3.05, 3.63) is 95.8 Å². The number of aromatic nitrogens is 4. The Bertz CT molecular complexity index is 1570. The maximum absolute atomic E-state index is 9.84. The average molecular weight is 478 g/mol. The average Bonchev–Trinajstić information content (AvgIpc) is 3.32. The lowest BCUT2D eigenvalue weighted by Crippen LogP contribution is -2.04. The second-order valence-corrected chi connectivity index (χ2v) is 8.95. The van der Waals surface area contributed by atoms with E-state index in [1.165, 1.54) is 11.9 Å². The molecule has 3 aromatic heterocycles. The van der Waals surface area contributed by atoms with Gasteiger partial charge in [0.15, 0.2) is 5.69 Å². The molecule has 0 aliphatic heterocycles. The van der Waals surface area contributed by atoms with Gasteiger partial charge in [-0.2, -0.15) is 5.26 Å². The highest BCUT2D eigenvalue weighted by molar-refractivity contribution is 7.97. The summed E-state index contributed by atoms with van der Waals surface area (Å²) < 4.78 is 1.92. The van der Waals surface area contributed by atoms with E-state index in [1.54, 1.807) is 12.5 Å². The second kappa shape index (κ2) is 9.58. The number of hydrogen-bond acceptors (Lipinski definition) is 7. The van der Waals surface area contributed by atoms with Crippen molar-refractivity contribution >= 4 is 28.5 Å². The highest BCUT2D eigenvalue weighted by Gasteiger charge is 2.14. The van der Waals surface area contributed by atoms with Gasteiger partial charge in [0.25, 0.3) is 0 Å². The molecule has 0 saturated carbocycles. The fraction of sp³-hybridized carbons (Fsp3) is 0.111. The smallest absolute Gasteiger partial charge is 0.150 e. The first-order chi connectivity index (χ1) is 17.1. The van der Waals surface area contributed by atoms with Crippen LogP contribution in [0.1, 0.15) is 22.5 Å². The van der Waals surface area contributed by atoms with Gasteiger partial charge in [-0.05, 0) is 73.3 Å². The van der Waals surface area contributed by atoms with Crippen LogP contribution in [-0.2, 0) is 6.54 Å². The van der Waals surface area contributed by atoms with E-state index < -0.39 is 0 Å². The van der Waals surface area contributed by atoms with Gasteiger partial charge < -0.3 is 9.88 Å². The van der Waals surface area contributed by atoms with Crippen LogP contribution in [0.3, 0.4) is 0 Å². The summed E-state index contributed by atoms with van der Waals surface area (Å²) >= 11 is 1.22. The summed E-state index contributed by atoms with van der Waals surface area (Å²) in [6.45, 7) is 4.57. The number of hydrogen-bond donors (Lipinski definition) is 2. The number of pyridine rings is 2. The van der Waals surface area contributed by atoms with Crippen molar-refractivity contribution in [3.63, 3.8) is 0 Å². The molecule has 0 fully saturated rings. The predicted molar refractivity (Wildman–Crippen MR) is 140 cm³/mol. The van der Waals surface area contributed by atoms with Gasteiger partial charge in [0.2, 0.25) is 0 Å².